The minimum Gasteiger partial charge on any atom is -0.408 e. The van der Waals surface area contributed by atoms with E-state index in [1.165, 1.54) is 25.7 Å². The molecule has 0 saturated heterocycles. The van der Waals surface area contributed by atoms with Crippen molar-refractivity contribution in [2.45, 2.75) is 38.1 Å². The van der Waals surface area contributed by atoms with E-state index in [-0.39, 0.29) is 0 Å². The molecule has 2 aliphatic rings. The fourth-order valence-corrected chi connectivity index (χ4v) is 1.93. The summed E-state index contributed by atoms with van der Waals surface area (Å²) in [5.41, 5.74) is 5.47. The highest BCUT2D eigenvalue weighted by atomic mass is 16.4. The monoisotopic (exact) mass is 222 g/mol. The average Bonchev–Trinajstić information content (AvgIpc) is 3.17. The van der Waals surface area contributed by atoms with E-state index in [4.69, 9.17) is 10.2 Å². The Kier molecular flexibility index (Phi) is 2.55. The summed E-state index contributed by atoms with van der Waals surface area (Å²) in [6, 6.07) is 1.35. The van der Waals surface area contributed by atoms with Crippen LogP contribution in [0.4, 0.5) is 6.01 Å². The smallest absolute Gasteiger partial charge is 0.318 e. The predicted molar refractivity (Wildman–Crippen MR) is 60.1 cm³/mol. The SMILES string of the molecule is NCCc1nnc(N(CC2CC2)C2CC2)o1. The second-order valence-corrected chi connectivity index (χ2v) is 4.84. The molecule has 3 rings (SSSR count). The Hall–Kier alpha value is -1.10. The van der Waals surface area contributed by atoms with E-state index in [2.05, 4.69) is 15.1 Å². The van der Waals surface area contributed by atoms with Crippen molar-refractivity contribution in [2.24, 2.45) is 11.7 Å². The van der Waals surface area contributed by atoms with Gasteiger partial charge in [-0.3, -0.25) is 0 Å². The zero-order valence-corrected chi connectivity index (χ0v) is 9.43. The van der Waals surface area contributed by atoms with Gasteiger partial charge in [-0.1, -0.05) is 5.10 Å². The number of hydrogen-bond donors (Lipinski definition) is 1. The molecule has 0 unspecified atom stereocenters. The van der Waals surface area contributed by atoms with Crippen LogP contribution < -0.4 is 10.6 Å². The van der Waals surface area contributed by atoms with Crippen molar-refractivity contribution in [3.63, 3.8) is 0 Å². The van der Waals surface area contributed by atoms with E-state index >= 15 is 0 Å². The van der Waals surface area contributed by atoms with E-state index < -0.39 is 0 Å². The number of anilines is 1. The first-order valence-corrected chi connectivity index (χ1v) is 6.16. The maximum atomic E-state index is 5.64. The van der Waals surface area contributed by atoms with Crippen LogP contribution in [0.15, 0.2) is 4.42 Å². The summed E-state index contributed by atoms with van der Waals surface area (Å²) in [6.45, 7) is 1.66. The third kappa shape index (κ3) is 2.19. The van der Waals surface area contributed by atoms with Crippen LogP contribution in [-0.4, -0.2) is 29.3 Å². The van der Waals surface area contributed by atoms with Crippen LogP contribution in [0.2, 0.25) is 0 Å². The fraction of sp³-hybridized carbons (Fsp3) is 0.818. The molecule has 2 fully saturated rings. The quantitative estimate of drug-likeness (QED) is 0.776. The van der Waals surface area contributed by atoms with Crippen molar-refractivity contribution < 1.29 is 4.42 Å². The molecule has 0 atom stereocenters. The van der Waals surface area contributed by atoms with Crippen LogP contribution in [0.1, 0.15) is 31.6 Å². The summed E-state index contributed by atoms with van der Waals surface area (Å²) < 4.78 is 5.64. The van der Waals surface area contributed by atoms with Gasteiger partial charge in [0.25, 0.3) is 0 Å². The van der Waals surface area contributed by atoms with E-state index in [1.807, 2.05) is 0 Å². The van der Waals surface area contributed by atoms with E-state index in [0.717, 1.165) is 12.5 Å². The number of aromatic nitrogens is 2. The minimum atomic E-state index is 0.563. The zero-order chi connectivity index (χ0) is 11.0. The van der Waals surface area contributed by atoms with Gasteiger partial charge in [-0.05, 0) is 31.6 Å². The summed E-state index contributed by atoms with van der Waals surface area (Å²) in [5.74, 6) is 1.52. The van der Waals surface area contributed by atoms with Gasteiger partial charge in [-0.25, -0.2) is 0 Å². The second kappa shape index (κ2) is 4.05. The van der Waals surface area contributed by atoms with Crippen molar-refractivity contribution in [1.29, 1.82) is 0 Å². The lowest BCUT2D eigenvalue weighted by Crippen LogP contribution is -2.28. The summed E-state index contributed by atoms with van der Waals surface area (Å²) >= 11 is 0. The van der Waals surface area contributed by atoms with Crippen LogP contribution in [0.5, 0.6) is 0 Å². The highest BCUT2D eigenvalue weighted by molar-refractivity contribution is 5.30. The van der Waals surface area contributed by atoms with Gasteiger partial charge in [-0.2, -0.15) is 0 Å². The molecule has 2 aliphatic carbocycles. The summed E-state index contributed by atoms with van der Waals surface area (Å²) in [6.07, 6.45) is 5.91. The number of nitrogens with zero attached hydrogens (tertiary/aromatic N) is 3. The molecule has 0 bridgehead atoms. The van der Waals surface area contributed by atoms with Crippen LogP contribution in [-0.2, 0) is 6.42 Å². The number of hydrogen-bond acceptors (Lipinski definition) is 5. The lowest BCUT2D eigenvalue weighted by Gasteiger charge is -2.18. The van der Waals surface area contributed by atoms with Gasteiger partial charge in [0.05, 0.1) is 0 Å². The molecular weight excluding hydrogens is 204 g/mol. The lowest BCUT2D eigenvalue weighted by molar-refractivity contribution is 0.478. The summed E-state index contributed by atoms with van der Waals surface area (Å²) in [4.78, 5) is 2.30. The molecule has 2 saturated carbocycles. The number of nitrogens with two attached hydrogens (primary N) is 1. The van der Waals surface area contributed by atoms with Gasteiger partial charge in [0.15, 0.2) is 0 Å². The molecule has 88 valence electrons. The molecule has 0 radical (unpaired) electrons. The first kappa shape index (κ1) is 10.1. The Morgan fingerprint density at radius 1 is 1.25 bits per heavy atom. The highest BCUT2D eigenvalue weighted by Crippen LogP contribution is 2.37. The normalized spacial score (nSPS) is 20.1. The largest absolute Gasteiger partial charge is 0.408 e. The van der Waals surface area contributed by atoms with E-state index in [0.29, 0.717) is 30.9 Å². The van der Waals surface area contributed by atoms with Gasteiger partial charge in [0, 0.05) is 25.6 Å². The molecule has 0 amide bonds. The molecule has 16 heavy (non-hydrogen) atoms. The van der Waals surface area contributed by atoms with Crippen LogP contribution in [0.3, 0.4) is 0 Å². The van der Waals surface area contributed by atoms with Gasteiger partial charge in [0.1, 0.15) is 0 Å². The zero-order valence-electron chi connectivity index (χ0n) is 9.43. The molecule has 0 spiro atoms. The molecule has 1 aromatic heterocycles. The molecule has 1 heterocycles. The Morgan fingerprint density at radius 3 is 2.69 bits per heavy atom. The molecule has 0 aliphatic heterocycles. The summed E-state index contributed by atoms with van der Waals surface area (Å²) in [5, 5.41) is 8.16. The van der Waals surface area contributed by atoms with Gasteiger partial charge >= 0.3 is 6.01 Å². The summed E-state index contributed by atoms with van der Waals surface area (Å²) in [7, 11) is 0. The Labute approximate surface area is 95.0 Å². The predicted octanol–water partition coefficient (Wildman–Crippen LogP) is 0.950. The third-order valence-corrected chi connectivity index (χ3v) is 3.20. The topological polar surface area (TPSA) is 68.2 Å². The van der Waals surface area contributed by atoms with Crippen molar-refractivity contribution in [1.82, 2.24) is 10.2 Å². The maximum Gasteiger partial charge on any atom is 0.318 e. The third-order valence-electron chi connectivity index (χ3n) is 3.20. The van der Waals surface area contributed by atoms with Crippen molar-refractivity contribution in [3.05, 3.63) is 5.89 Å². The number of rotatable bonds is 6. The standard InChI is InChI=1S/C11H18N4O/c12-6-5-10-13-14-11(16-10)15(9-3-4-9)7-8-1-2-8/h8-9H,1-7,12H2. The molecule has 1 aromatic rings. The second-order valence-electron chi connectivity index (χ2n) is 4.84. The van der Waals surface area contributed by atoms with Crippen LogP contribution >= 0.6 is 0 Å². The first-order chi connectivity index (χ1) is 7.86. The first-order valence-electron chi connectivity index (χ1n) is 6.16. The van der Waals surface area contributed by atoms with Crippen molar-refractivity contribution in [2.75, 3.05) is 18.0 Å². The lowest BCUT2D eigenvalue weighted by atomic mass is 10.4. The average molecular weight is 222 g/mol. The van der Waals surface area contributed by atoms with Crippen LogP contribution in [0.25, 0.3) is 0 Å². The van der Waals surface area contributed by atoms with E-state index in [1.54, 1.807) is 0 Å². The molecule has 5 nitrogen and oxygen atoms in total. The molecule has 0 aromatic carbocycles. The Bertz CT molecular complexity index is 357. The van der Waals surface area contributed by atoms with Gasteiger partial charge < -0.3 is 15.1 Å². The Balaban J connectivity index is 1.70. The van der Waals surface area contributed by atoms with Crippen molar-refractivity contribution in [3.8, 4) is 0 Å². The van der Waals surface area contributed by atoms with Crippen LogP contribution in [0, 0.1) is 5.92 Å². The van der Waals surface area contributed by atoms with Gasteiger partial charge in [0.2, 0.25) is 5.89 Å². The van der Waals surface area contributed by atoms with Crippen molar-refractivity contribution >= 4 is 6.01 Å². The molecular formula is C11H18N4O. The van der Waals surface area contributed by atoms with E-state index in [9.17, 15) is 0 Å². The maximum absolute atomic E-state index is 5.64. The molecule has 5 heteroatoms. The minimum absolute atomic E-state index is 0.563. The Morgan fingerprint density at radius 2 is 2.06 bits per heavy atom. The fourth-order valence-electron chi connectivity index (χ4n) is 1.93. The highest BCUT2D eigenvalue weighted by Gasteiger charge is 2.36. The van der Waals surface area contributed by atoms with Gasteiger partial charge in [-0.15, -0.1) is 5.10 Å². The molecule has 2 N–H and O–H groups in total.